The highest BCUT2D eigenvalue weighted by molar-refractivity contribution is 7.89. The van der Waals surface area contributed by atoms with Gasteiger partial charge in [0.25, 0.3) is 5.91 Å². The Hall–Kier alpha value is -2.33. The largest absolute Gasteiger partial charge is 0.321 e. The minimum absolute atomic E-state index is 0.0297. The van der Waals surface area contributed by atoms with Gasteiger partial charge in [-0.05, 0) is 36.4 Å². The highest BCUT2D eigenvalue weighted by atomic mass is 35.5. The molecule has 0 radical (unpaired) electrons. The summed E-state index contributed by atoms with van der Waals surface area (Å²) in [5.74, 6) is 1.80. The molecule has 0 aromatic heterocycles. The van der Waals surface area contributed by atoms with E-state index in [1.807, 2.05) is 0 Å². The van der Waals surface area contributed by atoms with Crippen LogP contribution < -0.4 is 10.0 Å². The molecule has 5 nitrogen and oxygen atoms in total. The van der Waals surface area contributed by atoms with E-state index in [4.69, 9.17) is 18.0 Å². The summed E-state index contributed by atoms with van der Waals surface area (Å²) in [5, 5.41) is 3.07. The molecule has 7 heteroatoms. The Bertz CT molecular complexity index is 856. The molecule has 23 heavy (non-hydrogen) atoms. The molecule has 0 aliphatic heterocycles. The predicted octanol–water partition coefficient (Wildman–Crippen LogP) is 2.50. The fourth-order valence-corrected chi connectivity index (χ4v) is 2.88. The molecule has 2 rings (SSSR count). The van der Waals surface area contributed by atoms with Gasteiger partial charge in [0.1, 0.15) is 0 Å². The maximum Gasteiger partial charge on any atom is 0.255 e. The van der Waals surface area contributed by atoms with Crippen LogP contribution in [0.3, 0.4) is 0 Å². The topological polar surface area (TPSA) is 75.3 Å². The second-order valence-electron chi connectivity index (χ2n) is 4.49. The van der Waals surface area contributed by atoms with Crippen LogP contribution in [0.2, 0.25) is 5.02 Å². The highest BCUT2D eigenvalue weighted by Crippen LogP contribution is 2.21. The summed E-state index contributed by atoms with van der Waals surface area (Å²) in [5.41, 5.74) is 0.785. The molecule has 2 aromatic rings. The van der Waals surface area contributed by atoms with E-state index >= 15 is 0 Å². The van der Waals surface area contributed by atoms with E-state index in [2.05, 4.69) is 16.0 Å². The van der Waals surface area contributed by atoms with Crippen LogP contribution in [-0.4, -0.2) is 20.9 Å². The van der Waals surface area contributed by atoms with Gasteiger partial charge in [-0.2, -0.15) is 4.72 Å². The van der Waals surface area contributed by atoms with Crippen molar-refractivity contribution in [2.75, 3.05) is 11.9 Å². The fourth-order valence-electron chi connectivity index (χ4n) is 1.76. The summed E-state index contributed by atoms with van der Waals surface area (Å²) in [6, 6.07) is 12.3. The lowest BCUT2D eigenvalue weighted by atomic mass is 10.2. The van der Waals surface area contributed by atoms with E-state index in [-0.39, 0.29) is 11.4 Å². The van der Waals surface area contributed by atoms with Gasteiger partial charge in [0.15, 0.2) is 0 Å². The number of amides is 1. The number of nitrogens with one attached hydrogen (secondary N) is 2. The molecular weight excluding hydrogens is 336 g/mol. The van der Waals surface area contributed by atoms with Crippen molar-refractivity contribution < 1.29 is 13.2 Å². The lowest BCUT2D eigenvalue weighted by Gasteiger charge is -2.08. The van der Waals surface area contributed by atoms with Crippen molar-refractivity contribution in [1.82, 2.24) is 4.72 Å². The van der Waals surface area contributed by atoms with Gasteiger partial charge in [-0.1, -0.05) is 29.7 Å². The molecule has 0 bridgehead atoms. The third-order valence-corrected chi connectivity index (χ3v) is 4.66. The Morgan fingerprint density at radius 3 is 2.39 bits per heavy atom. The molecule has 0 saturated carbocycles. The number of terminal acetylenes is 1. The first-order chi connectivity index (χ1) is 10.9. The van der Waals surface area contributed by atoms with E-state index in [0.29, 0.717) is 16.3 Å². The van der Waals surface area contributed by atoms with Gasteiger partial charge >= 0.3 is 0 Å². The zero-order valence-corrected chi connectivity index (χ0v) is 13.5. The second-order valence-corrected chi connectivity index (χ2v) is 6.66. The standard InChI is InChI=1S/C16H13ClN2O3S/c1-2-11-18-23(21,22)13-9-7-12(8-10-13)16(20)19-15-6-4-3-5-14(15)17/h1,3-10,18H,11H2,(H,19,20). The average Bonchev–Trinajstić information content (AvgIpc) is 2.55. The summed E-state index contributed by atoms with van der Waals surface area (Å²) < 4.78 is 26.0. The van der Waals surface area contributed by atoms with Crippen molar-refractivity contribution in [3.8, 4) is 12.3 Å². The van der Waals surface area contributed by atoms with E-state index < -0.39 is 15.9 Å². The summed E-state index contributed by atoms with van der Waals surface area (Å²) in [4.78, 5) is 12.2. The lowest BCUT2D eigenvalue weighted by molar-refractivity contribution is 0.102. The quantitative estimate of drug-likeness (QED) is 0.815. The normalized spacial score (nSPS) is 10.8. The Morgan fingerprint density at radius 2 is 1.78 bits per heavy atom. The first kappa shape index (κ1) is 17.0. The van der Waals surface area contributed by atoms with Crippen LogP contribution in [0.15, 0.2) is 53.4 Å². The van der Waals surface area contributed by atoms with Gasteiger partial charge in [-0.25, -0.2) is 8.42 Å². The van der Waals surface area contributed by atoms with Crippen LogP contribution >= 0.6 is 11.6 Å². The Morgan fingerprint density at radius 1 is 1.13 bits per heavy atom. The van der Waals surface area contributed by atoms with Crippen molar-refractivity contribution in [3.05, 3.63) is 59.1 Å². The molecule has 0 spiro atoms. The van der Waals surface area contributed by atoms with Gasteiger partial charge in [0.2, 0.25) is 10.0 Å². The molecule has 0 unspecified atom stereocenters. The van der Waals surface area contributed by atoms with Gasteiger partial charge < -0.3 is 5.32 Å². The maximum absolute atomic E-state index is 12.1. The summed E-state index contributed by atoms with van der Waals surface area (Å²) in [6.07, 6.45) is 5.02. The van der Waals surface area contributed by atoms with E-state index in [0.717, 1.165) is 0 Å². The second kappa shape index (κ2) is 7.29. The van der Waals surface area contributed by atoms with Crippen molar-refractivity contribution in [3.63, 3.8) is 0 Å². The molecule has 0 heterocycles. The summed E-state index contributed by atoms with van der Waals surface area (Å²) >= 11 is 5.97. The zero-order valence-electron chi connectivity index (χ0n) is 11.9. The number of hydrogen-bond acceptors (Lipinski definition) is 3. The molecule has 0 atom stereocenters. The SMILES string of the molecule is C#CCNS(=O)(=O)c1ccc(C(=O)Nc2ccccc2Cl)cc1. The molecule has 2 N–H and O–H groups in total. The van der Waals surface area contributed by atoms with Gasteiger partial charge in [-0.3, -0.25) is 4.79 Å². The highest BCUT2D eigenvalue weighted by Gasteiger charge is 2.14. The minimum Gasteiger partial charge on any atom is -0.321 e. The molecular formula is C16H13ClN2O3S. The van der Waals surface area contributed by atoms with E-state index in [1.165, 1.54) is 24.3 Å². The number of para-hydroxylation sites is 1. The smallest absolute Gasteiger partial charge is 0.255 e. The Balaban J connectivity index is 2.15. The number of sulfonamides is 1. The number of anilines is 1. The summed E-state index contributed by atoms with van der Waals surface area (Å²) in [6.45, 7) is -0.100. The van der Waals surface area contributed by atoms with Gasteiger partial charge in [-0.15, -0.1) is 6.42 Å². The molecule has 0 aliphatic carbocycles. The van der Waals surface area contributed by atoms with Gasteiger partial charge in [0, 0.05) is 5.56 Å². The molecule has 1 amide bonds. The zero-order chi connectivity index (χ0) is 16.9. The van der Waals surface area contributed by atoms with Crippen LogP contribution in [-0.2, 0) is 10.0 Å². The maximum atomic E-state index is 12.1. The molecule has 118 valence electrons. The molecule has 0 saturated heterocycles. The third-order valence-electron chi connectivity index (χ3n) is 2.91. The number of carbonyl (C=O) groups excluding carboxylic acids is 1. The molecule has 2 aromatic carbocycles. The Labute approximate surface area is 139 Å². The Kier molecular flexibility index (Phi) is 5.40. The van der Waals surface area contributed by atoms with E-state index in [1.54, 1.807) is 24.3 Å². The summed E-state index contributed by atoms with van der Waals surface area (Å²) in [7, 11) is -3.68. The van der Waals surface area contributed by atoms with Crippen LogP contribution in [0.5, 0.6) is 0 Å². The number of carbonyl (C=O) groups is 1. The number of hydrogen-bond donors (Lipinski definition) is 2. The van der Waals surface area contributed by atoms with Crippen LogP contribution in [0.25, 0.3) is 0 Å². The van der Waals surface area contributed by atoms with Crippen molar-refractivity contribution in [2.45, 2.75) is 4.90 Å². The monoisotopic (exact) mass is 348 g/mol. The minimum atomic E-state index is -3.68. The molecule has 0 aliphatic rings. The first-order valence-corrected chi connectivity index (χ1v) is 8.39. The van der Waals surface area contributed by atoms with Gasteiger partial charge in [0.05, 0.1) is 22.2 Å². The number of halogens is 1. The number of benzene rings is 2. The van der Waals surface area contributed by atoms with Crippen molar-refractivity contribution in [2.24, 2.45) is 0 Å². The third kappa shape index (κ3) is 4.33. The van der Waals surface area contributed by atoms with E-state index in [9.17, 15) is 13.2 Å². The first-order valence-electron chi connectivity index (χ1n) is 6.53. The lowest BCUT2D eigenvalue weighted by Crippen LogP contribution is -2.24. The molecule has 0 fully saturated rings. The van der Waals surface area contributed by atoms with Crippen LogP contribution in [0.1, 0.15) is 10.4 Å². The van der Waals surface area contributed by atoms with Crippen molar-refractivity contribution in [1.29, 1.82) is 0 Å². The number of rotatable bonds is 5. The van der Waals surface area contributed by atoms with Crippen LogP contribution in [0.4, 0.5) is 5.69 Å². The fraction of sp³-hybridized carbons (Fsp3) is 0.0625. The predicted molar refractivity (Wildman–Crippen MR) is 89.9 cm³/mol. The average molecular weight is 349 g/mol. The van der Waals surface area contributed by atoms with Crippen molar-refractivity contribution >= 4 is 33.2 Å². The van der Waals surface area contributed by atoms with Crippen LogP contribution in [0, 0.1) is 12.3 Å².